The predicted molar refractivity (Wildman–Crippen MR) is 76.1 cm³/mol. The summed E-state index contributed by atoms with van der Waals surface area (Å²) in [5.41, 5.74) is 0.709. The SMILES string of the molecule is C[C@H](NS(=O)(=O)c1ccc(OC(F)(F)F)cc1)c1ccncc1. The minimum absolute atomic E-state index is 0.159. The van der Waals surface area contributed by atoms with E-state index in [2.05, 4.69) is 14.4 Å². The van der Waals surface area contributed by atoms with E-state index in [0.29, 0.717) is 5.56 Å². The van der Waals surface area contributed by atoms with Gasteiger partial charge in [-0.25, -0.2) is 13.1 Å². The maximum Gasteiger partial charge on any atom is 0.573 e. The molecule has 1 heterocycles. The van der Waals surface area contributed by atoms with Gasteiger partial charge in [-0.2, -0.15) is 0 Å². The van der Waals surface area contributed by atoms with E-state index in [1.807, 2.05) is 0 Å². The third-order valence-electron chi connectivity index (χ3n) is 2.91. The summed E-state index contributed by atoms with van der Waals surface area (Å²) < 4.78 is 66.8. The summed E-state index contributed by atoms with van der Waals surface area (Å²) in [6.45, 7) is 1.65. The van der Waals surface area contributed by atoms with Gasteiger partial charge in [0.25, 0.3) is 0 Å². The van der Waals surface area contributed by atoms with Gasteiger partial charge in [0.2, 0.25) is 10.0 Å². The largest absolute Gasteiger partial charge is 0.573 e. The van der Waals surface area contributed by atoms with Crippen molar-refractivity contribution in [2.75, 3.05) is 0 Å². The fourth-order valence-electron chi connectivity index (χ4n) is 1.84. The van der Waals surface area contributed by atoms with Gasteiger partial charge in [-0.15, -0.1) is 13.2 Å². The first-order valence-electron chi connectivity index (χ1n) is 6.45. The number of aromatic nitrogens is 1. The lowest BCUT2D eigenvalue weighted by atomic mass is 10.1. The highest BCUT2D eigenvalue weighted by atomic mass is 32.2. The van der Waals surface area contributed by atoms with Crippen LogP contribution in [-0.4, -0.2) is 19.8 Å². The van der Waals surface area contributed by atoms with E-state index in [1.54, 1.807) is 19.1 Å². The lowest BCUT2D eigenvalue weighted by Gasteiger charge is -2.15. The highest BCUT2D eigenvalue weighted by Gasteiger charge is 2.31. The second-order valence-electron chi connectivity index (χ2n) is 4.64. The van der Waals surface area contributed by atoms with Crippen LogP contribution in [0.25, 0.3) is 0 Å². The topological polar surface area (TPSA) is 68.3 Å². The van der Waals surface area contributed by atoms with Crippen molar-refractivity contribution in [3.05, 3.63) is 54.4 Å². The van der Waals surface area contributed by atoms with Crippen molar-refractivity contribution in [2.45, 2.75) is 24.2 Å². The standard InChI is InChI=1S/C14H13F3N2O3S/c1-10(11-6-8-18-9-7-11)19-23(20,21)13-4-2-12(3-5-13)22-14(15,16)17/h2-10,19H,1H3/t10-/m0/s1. The van der Waals surface area contributed by atoms with Crippen LogP contribution in [0.2, 0.25) is 0 Å². The number of halogens is 3. The molecule has 23 heavy (non-hydrogen) atoms. The van der Waals surface area contributed by atoms with Gasteiger partial charge in [-0.1, -0.05) is 0 Å². The summed E-state index contributed by atoms with van der Waals surface area (Å²) in [6, 6.07) is 6.78. The molecule has 0 aliphatic rings. The van der Waals surface area contributed by atoms with Crippen molar-refractivity contribution in [3.63, 3.8) is 0 Å². The van der Waals surface area contributed by atoms with Crippen LogP contribution < -0.4 is 9.46 Å². The number of rotatable bonds is 5. The van der Waals surface area contributed by atoms with Gasteiger partial charge in [-0.05, 0) is 48.9 Å². The van der Waals surface area contributed by atoms with Gasteiger partial charge in [-0.3, -0.25) is 4.98 Å². The van der Waals surface area contributed by atoms with Crippen molar-refractivity contribution in [1.29, 1.82) is 0 Å². The molecule has 0 saturated heterocycles. The second-order valence-corrected chi connectivity index (χ2v) is 6.36. The highest BCUT2D eigenvalue weighted by molar-refractivity contribution is 7.89. The van der Waals surface area contributed by atoms with Crippen LogP contribution in [0.15, 0.2) is 53.7 Å². The molecule has 0 unspecified atom stereocenters. The Morgan fingerprint density at radius 3 is 2.17 bits per heavy atom. The van der Waals surface area contributed by atoms with Gasteiger partial charge in [0.05, 0.1) is 4.90 Å². The molecule has 0 bridgehead atoms. The maximum atomic E-state index is 12.2. The van der Waals surface area contributed by atoms with Gasteiger partial charge in [0.15, 0.2) is 0 Å². The van der Waals surface area contributed by atoms with Crippen molar-refractivity contribution >= 4 is 10.0 Å². The number of sulfonamides is 1. The van der Waals surface area contributed by atoms with Crippen molar-refractivity contribution < 1.29 is 26.3 Å². The first kappa shape index (κ1) is 17.2. The molecule has 9 heteroatoms. The van der Waals surface area contributed by atoms with E-state index < -0.39 is 28.2 Å². The minimum atomic E-state index is -4.82. The number of hydrogen-bond acceptors (Lipinski definition) is 4. The third kappa shape index (κ3) is 4.93. The number of pyridine rings is 1. The Kier molecular flexibility index (Phi) is 4.90. The van der Waals surface area contributed by atoms with E-state index >= 15 is 0 Å². The smallest absolute Gasteiger partial charge is 0.406 e. The van der Waals surface area contributed by atoms with Gasteiger partial charge in [0.1, 0.15) is 5.75 Å². The molecule has 0 fully saturated rings. The quantitative estimate of drug-likeness (QED) is 0.904. The summed E-state index contributed by atoms with van der Waals surface area (Å²) in [7, 11) is -3.88. The molecule has 124 valence electrons. The normalized spacial score (nSPS) is 13.6. The molecule has 0 radical (unpaired) electrons. The lowest BCUT2D eigenvalue weighted by Crippen LogP contribution is -2.27. The summed E-state index contributed by atoms with van der Waals surface area (Å²) in [4.78, 5) is 3.68. The van der Waals surface area contributed by atoms with Crippen molar-refractivity contribution in [2.24, 2.45) is 0 Å². The average molecular weight is 346 g/mol. The molecule has 1 aromatic heterocycles. The van der Waals surface area contributed by atoms with Crippen LogP contribution in [-0.2, 0) is 10.0 Å². The van der Waals surface area contributed by atoms with Gasteiger partial charge < -0.3 is 4.74 Å². The fraction of sp³-hybridized carbons (Fsp3) is 0.214. The molecule has 1 atom stereocenters. The number of ether oxygens (including phenoxy) is 1. The van der Waals surface area contributed by atoms with E-state index in [-0.39, 0.29) is 4.90 Å². The summed E-state index contributed by atoms with van der Waals surface area (Å²) in [5.74, 6) is -0.487. The zero-order valence-electron chi connectivity index (χ0n) is 11.9. The van der Waals surface area contributed by atoms with Crippen LogP contribution in [0.3, 0.4) is 0 Å². The van der Waals surface area contributed by atoms with Gasteiger partial charge in [0, 0.05) is 18.4 Å². The molecule has 0 amide bonds. The average Bonchev–Trinajstić information content (AvgIpc) is 2.46. The van der Waals surface area contributed by atoms with Crippen LogP contribution >= 0.6 is 0 Å². The Morgan fingerprint density at radius 1 is 1.09 bits per heavy atom. The molecule has 2 aromatic rings. The first-order chi connectivity index (χ1) is 10.7. The zero-order valence-corrected chi connectivity index (χ0v) is 12.7. The molecule has 0 aliphatic heterocycles. The number of nitrogens with one attached hydrogen (secondary N) is 1. The monoisotopic (exact) mass is 346 g/mol. The van der Waals surface area contributed by atoms with Crippen molar-refractivity contribution in [1.82, 2.24) is 9.71 Å². The second kappa shape index (κ2) is 6.55. The molecule has 2 rings (SSSR count). The van der Waals surface area contributed by atoms with E-state index in [9.17, 15) is 21.6 Å². The fourth-order valence-corrected chi connectivity index (χ4v) is 3.07. The van der Waals surface area contributed by atoms with Crippen LogP contribution in [0.1, 0.15) is 18.5 Å². The van der Waals surface area contributed by atoms with Crippen LogP contribution in [0.5, 0.6) is 5.75 Å². The van der Waals surface area contributed by atoms with Crippen molar-refractivity contribution in [3.8, 4) is 5.75 Å². The number of benzene rings is 1. The highest BCUT2D eigenvalue weighted by Crippen LogP contribution is 2.24. The summed E-state index contributed by atoms with van der Waals surface area (Å²) >= 11 is 0. The molecule has 0 aliphatic carbocycles. The Balaban J connectivity index is 2.13. The Hall–Kier alpha value is -2.13. The maximum absolute atomic E-state index is 12.2. The molecular formula is C14H13F3N2O3S. The van der Waals surface area contributed by atoms with E-state index in [0.717, 1.165) is 24.3 Å². The van der Waals surface area contributed by atoms with E-state index in [4.69, 9.17) is 0 Å². The zero-order chi connectivity index (χ0) is 17.1. The minimum Gasteiger partial charge on any atom is -0.406 e. The molecule has 1 N–H and O–H groups in total. The Morgan fingerprint density at radius 2 is 1.65 bits per heavy atom. The Labute approximate surface area is 131 Å². The number of hydrogen-bond donors (Lipinski definition) is 1. The van der Waals surface area contributed by atoms with E-state index in [1.165, 1.54) is 12.4 Å². The van der Waals surface area contributed by atoms with Crippen LogP contribution in [0.4, 0.5) is 13.2 Å². The first-order valence-corrected chi connectivity index (χ1v) is 7.94. The molecule has 0 spiro atoms. The molecule has 0 saturated carbocycles. The van der Waals surface area contributed by atoms with Gasteiger partial charge >= 0.3 is 6.36 Å². The predicted octanol–water partition coefficient (Wildman–Crippen LogP) is 3.02. The number of alkyl halides is 3. The summed E-state index contributed by atoms with van der Waals surface area (Å²) in [6.07, 6.45) is -1.76. The molecule has 5 nitrogen and oxygen atoms in total. The molecular weight excluding hydrogens is 333 g/mol. The Bertz CT molecular complexity index is 747. The summed E-state index contributed by atoms with van der Waals surface area (Å²) in [5, 5.41) is 0. The lowest BCUT2D eigenvalue weighted by molar-refractivity contribution is -0.274. The molecule has 1 aromatic carbocycles. The van der Waals surface area contributed by atoms with Crippen LogP contribution in [0, 0.1) is 0 Å². The third-order valence-corrected chi connectivity index (χ3v) is 4.46. The number of nitrogens with zero attached hydrogens (tertiary/aromatic N) is 1.